The summed E-state index contributed by atoms with van der Waals surface area (Å²) in [5.74, 6) is 0. The highest BCUT2D eigenvalue weighted by molar-refractivity contribution is 6.40. The minimum Gasteiger partial charge on any atom is -0.0836 e. The molecule has 0 aliphatic heterocycles. The van der Waals surface area contributed by atoms with Crippen LogP contribution in [0.3, 0.4) is 0 Å². The first kappa shape index (κ1) is 17.8. The van der Waals surface area contributed by atoms with E-state index in [4.69, 9.17) is 23.2 Å². The molecule has 0 aliphatic carbocycles. The second-order valence-corrected chi connectivity index (χ2v) is 6.85. The van der Waals surface area contributed by atoms with Crippen molar-refractivity contribution in [2.45, 2.75) is 20.3 Å². The lowest BCUT2D eigenvalue weighted by Crippen LogP contribution is -1.90. The van der Waals surface area contributed by atoms with E-state index in [0.717, 1.165) is 28.7 Å². The summed E-state index contributed by atoms with van der Waals surface area (Å²) in [6, 6.07) is 20.5. The van der Waals surface area contributed by atoms with Gasteiger partial charge in [-0.1, -0.05) is 96.9 Å². The first-order valence-corrected chi connectivity index (χ1v) is 9.16. The first-order chi connectivity index (χ1) is 12.1. The summed E-state index contributed by atoms with van der Waals surface area (Å²) in [7, 11) is 0. The maximum absolute atomic E-state index is 6.71. The quantitative estimate of drug-likeness (QED) is 0.414. The second kappa shape index (κ2) is 7.91. The van der Waals surface area contributed by atoms with E-state index in [0.29, 0.717) is 10.0 Å². The first-order valence-electron chi connectivity index (χ1n) is 8.41. The topological polar surface area (TPSA) is 0 Å². The summed E-state index contributed by atoms with van der Waals surface area (Å²) in [6.45, 7) is 4.29. The third-order valence-electron chi connectivity index (χ3n) is 4.39. The highest BCUT2D eigenvalue weighted by Crippen LogP contribution is 2.38. The van der Waals surface area contributed by atoms with Crippen molar-refractivity contribution in [3.63, 3.8) is 0 Å². The molecular weight excluding hydrogens is 347 g/mol. The van der Waals surface area contributed by atoms with E-state index >= 15 is 0 Å². The van der Waals surface area contributed by atoms with Gasteiger partial charge in [-0.05, 0) is 47.2 Å². The fourth-order valence-electron chi connectivity index (χ4n) is 2.96. The summed E-state index contributed by atoms with van der Waals surface area (Å²) in [6.07, 6.45) is 5.11. The van der Waals surface area contributed by atoms with Gasteiger partial charge in [0.25, 0.3) is 0 Å². The maximum atomic E-state index is 6.71. The van der Waals surface area contributed by atoms with Crippen LogP contribution < -0.4 is 0 Å². The lowest BCUT2D eigenvalue weighted by atomic mass is 9.97. The highest BCUT2D eigenvalue weighted by Gasteiger charge is 2.12. The molecule has 0 nitrogen and oxygen atoms in total. The van der Waals surface area contributed by atoms with Crippen LogP contribution in [0.25, 0.3) is 23.3 Å². The van der Waals surface area contributed by atoms with Crippen molar-refractivity contribution in [2.75, 3.05) is 0 Å². The summed E-state index contributed by atoms with van der Waals surface area (Å²) < 4.78 is 0. The Balaban J connectivity index is 2.03. The molecule has 0 N–H and O–H groups in total. The zero-order valence-corrected chi connectivity index (χ0v) is 15.9. The largest absolute Gasteiger partial charge is 0.0836 e. The molecule has 2 heteroatoms. The molecule has 0 atom stereocenters. The Morgan fingerprint density at radius 1 is 0.880 bits per heavy atom. The van der Waals surface area contributed by atoms with Crippen molar-refractivity contribution in [3.05, 3.63) is 93.0 Å². The lowest BCUT2D eigenvalue weighted by Gasteiger charge is -2.12. The molecule has 0 saturated carbocycles. The summed E-state index contributed by atoms with van der Waals surface area (Å²) >= 11 is 13.2. The van der Waals surface area contributed by atoms with Crippen LogP contribution in [0, 0.1) is 6.92 Å². The predicted molar refractivity (Wildman–Crippen MR) is 111 cm³/mol. The molecule has 3 aromatic rings. The minimum atomic E-state index is 0.672. The van der Waals surface area contributed by atoms with E-state index in [1.807, 2.05) is 36.4 Å². The average Bonchev–Trinajstić information content (AvgIpc) is 2.62. The molecule has 126 valence electrons. The number of rotatable bonds is 4. The van der Waals surface area contributed by atoms with Gasteiger partial charge >= 0.3 is 0 Å². The molecule has 0 heterocycles. The molecule has 0 fully saturated rings. The Bertz CT molecular complexity index is 909. The van der Waals surface area contributed by atoms with Crippen LogP contribution in [0.4, 0.5) is 0 Å². The SMILES string of the molecule is CCc1ccc(-c2c(Cl)ccc(C=Cc3ccccc3)c2Cl)cc1C. The van der Waals surface area contributed by atoms with E-state index in [1.165, 1.54) is 11.1 Å². The van der Waals surface area contributed by atoms with E-state index in [2.05, 4.69) is 50.3 Å². The van der Waals surface area contributed by atoms with Gasteiger partial charge in [0.15, 0.2) is 0 Å². The Kier molecular flexibility index (Phi) is 5.63. The molecule has 3 aromatic carbocycles. The van der Waals surface area contributed by atoms with Crippen LogP contribution in [-0.2, 0) is 6.42 Å². The van der Waals surface area contributed by atoms with Gasteiger partial charge in [0.1, 0.15) is 0 Å². The number of hydrogen-bond donors (Lipinski definition) is 0. The molecule has 3 rings (SSSR count). The molecule has 0 saturated heterocycles. The summed E-state index contributed by atoms with van der Waals surface area (Å²) in [5.41, 5.74) is 6.65. The molecule has 0 amide bonds. The van der Waals surface area contributed by atoms with Crippen LogP contribution in [0.5, 0.6) is 0 Å². The van der Waals surface area contributed by atoms with Crippen LogP contribution >= 0.6 is 23.2 Å². The number of aryl methyl sites for hydroxylation is 2. The van der Waals surface area contributed by atoms with Crippen LogP contribution in [0.2, 0.25) is 10.0 Å². The van der Waals surface area contributed by atoms with Crippen molar-refractivity contribution in [1.82, 2.24) is 0 Å². The normalized spacial score (nSPS) is 11.2. The van der Waals surface area contributed by atoms with Gasteiger partial charge in [0.2, 0.25) is 0 Å². The van der Waals surface area contributed by atoms with Crippen molar-refractivity contribution >= 4 is 35.4 Å². The third-order valence-corrected chi connectivity index (χ3v) is 5.11. The number of halogens is 2. The van der Waals surface area contributed by atoms with Crippen LogP contribution in [0.15, 0.2) is 60.7 Å². The second-order valence-electron chi connectivity index (χ2n) is 6.06. The molecule has 0 spiro atoms. The Morgan fingerprint density at radius 2 is 1.64 bits per heavy atom. The molecule has 0 radical (unpaired) electrons. The Morgan fingerprint density at radius 3 is 2.32 bits per heavy atom. The number of benzene rings is 3. The standard InChI is InChI=1S/C23H20Cl2/c1-3-18-11-12-20(15-16(18)2)22-21(24)14-13-19(23(22)25)10-9-17-7-5-4-6-8-17/h4-15H,3H2,1-2H3. The van der Waals surface area contributed by atoms with Crippen molar-refractivity contribution in [1.29, 1.82) is 0 Å². The molecular formula is C23H20Cl2. The monoisotopic (exact) mass is 366 g/mol. The van der Waals surface area contributed by atoms with Crippen molar-refractivity contribution in [3.8, 4) is 11.1 Å². The third kappa shape index (κ3) is 3.98. The van der Waals surface area contributed by atoms with Gasteiger partial charge in [-0.25, -0.2) is 0 Å². The maximum Gasteiger partial charge on any atom is 0.0571 e. The van der Waals surface area contributed by atoms with E-state index in [-0.39, 0.29) is 0 Å². The zero-order chi connectivity index (χ0) is 17.8. The lowest BCUT2D eigenvalue weighted by molar-refractivity contribution is 1.11. The van der Waals surface area contributed by atoms with Crippen LogP contribution in [-0.4, -0.2) is 0 Å². The van der Waals surface area contributed by atoms with Crippen LogP contribution in [0.1, 0.15) is 29.2 Å². The van der Waals surface area contributed by atoms with Gasteiger partial charge in [-0.3, -0.25) is 0 Å². The molecule has 25 heavy (non-hydrogen) atoms. The van der Waals surface area contributed by atoms with Gasteiger partial charge in [0, 0.05) is 10.6 Å². The Labute approximate surface area is 159 Å². The van der Waals surface area contributed by atoms with Gasteiger partial charge in [0.05, 0.1) is 5.02 Å². The molecule has 0 aromatic heterocycles. The fourth-order valence-corrected chi connectivity index (χ4v) is 3.61. The van der Waals surface area contributed by atoms with E-state index < -0.39 is 0 Å². The molecule has 0 bridgehead atoms. The zero-order valence-electron chi connectivity index (χ0n) is 14.4. The molecule has 0 unspecified atom stereocenters. The summed E-state index contributed by atoms with van der Waals surface area (Å²) in [4.78, 5) is 0. The fraction of sp³-hybridized carbons (Fsp3) is 0.130. The van der Waals surface area contributed by atoms with E-state index in [1.54, 1.807) is 0 Å². The van der Waals surface area contributed by atoms with Gasteiger partial charge in [-0.2, -0.15) is 0 Å². The van der Waals surface area contributed by atoms with E-state index in [9.17, 15) is 0 Å². The number of hydrogen-bond acceptors (Lipinski definition) is 0. The van der Waals surface area contributed by atoms with Gasteiger partial charge in [-0.15, -0.1) is 0 Å². The smallest absolute Gasteiger partial charge is 0.0571 e. The highest BCUT2D eigenvalue weighted by atomic mass is 35.5. The summed E-state index contributed by atoms with van der Waals surface area (Å²) in [5, 5.41) is 1.36. The van der Waals surface area contributed by atoms with Gasteiger partial charge < -0.3 is 0 Å². The van der Waals surface area contributed by atoms with Crippen molar-refractivity contribution in [2.24, 2.45) is 0 Å². The minimum absolute atomic E-state index is 0.672. The van der Waals surface area contributed by atoms with Crippen molar-refractivity contribution < 1.29 is 0 Å². The average molecular weight is 367 g/mol. The molecule has 0 aliphatic rings. The Hall–Kier alpha value is -2.02. The predicted octanol–water partition coefficient (Wildman–Crippen LogP) is 7.70.